The fraction of sp³-hybridized carbons (Fsp3) is 0.680. The molecule has 31 heavy (non-hydrogen) atoms. The third kappa shape index (κ3) is 7.23. The Hall–Kier alpha value is -2.08. The molecule has 172 valence electrons. The maximum Gasteiger partial charge on any atom is 0.253 e. The molecule has 1 aromatic rings. The first-order chi connectivity index (χ1) is 14.7. The second-order valence-electron chi connectivity index (χ2n) is 10.4. The van der Waals surface area contributed by atoms with Crippen molar-refractivity contribution in [2.45, 2.75) is 72.3 Å². The Labute approximate surface area is 187 Å². The molecule has 2 heterocycles. The van der Waals surface area contributed by atoms with Gasteiger partial charge < -0.3 is 20.3 Å². The highest BCUT2D eigenvalue weighted by molar-refractivity contribution is 6.02. The van der Waals surface area contributed by atoms with E-state index in [-0.39, 0.29) is 23.3 Å². The highest BCUT2D eigenvalue weighted by Crippen LogP contribution is 2.29. The molecule has 0 spiro atoms. The normalized spacial score (nSPS) is 20.0. The Morgan fingerprint density at radius 3 is 2.58 bits per heavy atom. The van der Waals surface area contributed by atoms with E-state index in [0.29, 0.717) is 30.1 Å². The predicted octanol–water partition coefficient (Wildman–Crippen LogP) is 4.60. The topological polar surface area (TPSA) is 70.7 Å². The molecular weight excluding hydrogens is 390 g/mol. The van der Waals surface area contributed by atoms with Gasteiger partial charge in [0.05, 0.1) is 11.7 Å². The Kier molecular flexibility index (Phi) is 7.98. The van der Waals surface area contributed by atoms with Gasteiger partial charge in [0.2, 0.25) is 5.91 Å². The molecule has 2 atom stereocenters. The molecule has 0 aliphatic carbocycles. The lowest BCUT2D eigenvalue weighted by molar-refractivity contribution is -0.117. The molecular formula is C25H39N3O3. The molecule has 2 aliphatic rings. The zero-order chi connectivity index (χ0) is 22.4. The van der Waals surface area contributed by atoms with E-state index in [1.807, 2.05) is 18.2 Å². The molecule has 0 radical (unpaired) electrons. The van der Waals surface area contributed by atoms with Crippen LogP contribution in [0.1, 0.15) is 76.6 Å². The van der Waals surface area contributed by atoms with Gasteiger partial charge >= 0.3 is 0 Å². The van der Waals surface area contributed by atoms with E-state index in [1.165, 1.54) is 0 Å². The van der Waals surface area contributed by atoms with E-state index >= 15 is 0 Å². The second kappa shape index (κ2) is 10.5. The lowest BCUT2D eigenvalue weighted by Gasteiger charge is -2.23. The number of carbonyl (C=O) groups is 2. The van der Waals surface area contributed by atoms with Crippen molar-refractivity contribution in [3.8, 4) is 0 Å². The molecule has 2 N–H and O–H groups in total. The molecule has 0 bridgehead atoms. The minimum atomic E-state index is -0.102. The fourth-order valence-electron chi connectivity index (χ4n) is 4.78. The van der Waals surface area contributed by atoms with Crippen LogP contribution in [0.15, 0.2) is 18.2 Å². The molecule has 0 saturated carbocycles. The number of carbonyl (C=O) groups excluding carboxylic acids is 2. The molecule has 2 amide bonds. The zero-order valence-corrected chi connectivity index (χ0v) is 19.6. The predicted molar refractivity (Wildman–Crippen MR) is 126 cm³/mol. The summed E-state index contributed by atoms with van der Waals surface area (Å²) in [7, 11) is 0. The van der Waals surface area contributed by atoms with Gasteiger partial charge in [0, 0.05) is 44.0 Å². The average Bonchev–Trinajstić information content (AvgIpc) is 3.38. The summed E-state index contributed by atoms with van der Waals surface area (Å²) in [6.45, 7) is 11.9. The van der Waals surface area contributed by atoms with Crippen molar-refractivity contribution in [1.82, 2.24) is 5.32 Å². The highest BCUT2D eigenvalue weighted by Gasteiger charge is 2.23. The van der Waals surface area contributed by atoms with Crippen molar-refractivity contribution in [2.75, 3.05) is 36.5 Å². The molecule has 3 rings (SSSR count). The Bertz CT molecular complexity index is 760. The van der Waals surface area contributed by atoms with Crippen LogP contribution in [0.4, 0.5) is 11.4 Å². The molecule has 0 aromatic heterocycles. The van der Waals surface area contributed by atoms with E-state index < -0.39 is 0 Å². The number of rotatable bonds is 8. The van der Waals surface area contributed by atoms with Gasteiger partial charge in [-0.05, 0) is 61.6 Å². The number of ether oxygens (including phenoxy) is 1. The van der Waals surface area contributed by atoms with E-state index in [4.69, 9.17) is 4.74 Å². The zero-order valence-electron chi connectivity index (χ0n) is 19.6. The van der Waals surface area contributed by atoms with Crippen LogP contribution in [0.5, 0.6) is 0 Å². The number of nitrogens with one attached hydrogen (secondary N) is 2. The van der Waals surface area contributed by atoms with E-state index in [9.17, 15) is 9.59 Å². The van der Waals surface area contributed by atoms with Crippen LogP contribution in [-0.4, -0.2) is 44.2 Å². The summed E-state index contributed by atoms with van der Waals surface area (Å²) < 4.78 is 5.63. The third-order valence-electron chi connectivity index (χ3n) is 5.98. The van der Waals surface area contributed by atoms with Gasteiger partial charge in [-0.3, -0.25) is 9.59 Å². The minimum Gasteiger partial charge on any atom is -0.376 e. The molecule has 2 aliphatic heterocycles. The minimum absolute atomic E-state index is 0.00335. The van der Waals surface area contributed by atoms with E-state index in [1.54, 1.807) is 0 Å². The molecule has 2 saturated heterocycles. The van der Waals surface area contributed by atoms with Crippen LogP contribution >= 0.6 is 0 Å². The standard InChI is InChI=1S/C25H39N3O3/c1-18(16-25(2,3)4)14-23(29)27-19-9-10-22(28-11-5-6-12-28)21(15-19)24(30)26-17-20-8-7-13-31-20/h9-10,15,18,20H,5-8,11-14,16-17H2,1-4H3,(H,26,30)(H,27,29)/t18-,20-/m1/s1. The number of hydrogen-bond donors (Lipinski definition) is 2. The average molecular weight is 430 g/mol. The van der Waals surface area contributed by atoms with Crippen molar-refractivity contribution in [3.63, 3.8) is 0 Å². The first-order valence-corrected chi connectivity index (χ1v) is 11.8. The van der Waals surface area contributed by atoms with Crippen molar-refractivity contribution in [1.29, 1.82) is 0 Å². The smallest absolute Gasteiger partial charge is 0.253 e. The van der Waals surface area contributed by atoms with E-state index in [0.717, 1.165) is 57.5 Å². The summed E-state index contributed by atoms with van der Waals surface area (Å²) in [6, 6.07) is 5.71. The summed E-state index contributed by atoms with van der Waals surface area (Å²) in [4.78, 5) is 27.9. The van der Waals surface area contributed by atoms with Gasteiger partial charge in [-0.15, -0.1) is 0 Å². The molecule has 6 nitrogen and oxygen atoms in total. The fourth-order valence-corrected chi connectivity index (χ4v) is 4.78. The lowest BCUT2D eigenvalue weighted by atomic mass is 9.84. The van der Waals surface area contributed by atoms with Gasteiger partial charge in [-0.25, -0.2) is 0 Å². The summed E-state index contributed by atoms with van der Waals surface area (Å²) >= 11 is 0. The Balaban J connectivity index is 1.68. The van der Waals surface area contributed by atoms with Gasteiger partial charge in [-0.1, -0.05) is 27.7 Å². The van der Waals surface area contributed by atoms with Crippen LogP contribution in [0.3, 0.4) is 0 Å². The quantitative estimate of drug-likeness (QED) is 0.634. The number of hydrogen-bond acceptors (Lipinski definition) is 4. The van der Waals surface area contributed by atoms with Crippen LogP contribution in [0.25, 0.3) is 0 Å². The number of benzene rings is 1. The number of anilines is 2. The summed E-state index contributed by atoms with van der Waals surface area (Å²) in [5.41, 5.74) is 2.45. The van der Waals surface area contributed by atoms with Gasteiger partial charge in [-0.2, -0.15) is 0 Å². The molecule has 6 heteroatoms. The van der Waals surface area contributed by atoms with Crippen LogP contribution in [0, 0.1) is 11.3 Å². The van der Waals surface area contributed by atoms with Crippen LogP contribution in [-0.2, 0) is 9.53 Å². The van der Waals surface area contributed by atoms with Crippen molar-refractivity contribution >= 4 is 23.2 Å². The first-order valence-electron chi connectivity index (χ1n) is 11.8. The molecule has 1 aromatic carbocycles. The summed E-state index contributed by atoms with van der Waals surface area (Å²) in [5.74, 6) is 0.198. The first kappa shape index (κ1) is 23.6. The highest BCUT2D eigenvalue weighted by atomic mass is 16.5. The second-order valence-corrected chi connectivity index (χ2v) is 10.4. The maximum atomic E-state index is 13.0. The molecule has 2 fully saturated rings. The third-order valence-corrected chi connectivity index (χ3v) is 5.98. The summed E-state index contributed by atoms with van der Waals surface area (Å²) in [6.07, 6.45) is 5.89. The van der Waals surface area contributed by atoms with Crippen molar-refractivity contribution in [2.24, 2.45) is 11.3 Å². The SMILES string of the molecule is C[C@H](CC(=O)Nc1ccc(N2CCCC2)c(C(=O)NC[C@H]2CCCO2)c1)CC(C)(C)C. The maximum absolute atomic E-state index is 13.0. The monoisotopic (exact) mass is 429 g/mol. The van der Waals surface area contributed by atoms with Crippen LogP contribution < -0.4 is 15.5 Å². The van der Waals surface area contributed by atoms with Crippen molar-refractivity contribution < 1.29 is 14.3 Å². The van der Waals surface area contributed by atoms with Crippen molar-refractivity contribution in [3.05, 3.63) is 23.8 Å². The van der Waals surface area contributed by atoms with Gasteiger partial charge in [0.25, 0.3) is 5.91 Å². The number of amides is 2. The van der Waals surface area contributed by atoms with Gasteiger partial charge in [0.1, 0.15) is 0 Å². The van der Waals surface area contributed by atoms with Crippen LogP contribution in [0.2, 0.25) is 0 Å². The Morgan fingerprint density at radius 1 is 1.19 bits per heavy atom. The number of nitrogens with zero attached hydrogens (tertiary/aromatic N) is 1. The Morgan fingerprint density at radius 2 is 1.94 bits per heavy atom. The van der Waals surface area contributed by atoms with E-state index in [2.05, 4.69) is 43.2 Å². The van der Waals surface area contributed by atoms with Gasteiger partial charge in [0.15, 0.2) is 0 Å². The summed E-state index contributed by atoms with van der Waals surface area (Å²) in [5, 5.41) is 6.05. The lowest BCUT2D eigenvalue weighted by Crippen LogP contribution is -2.33. The largest absolute Gasteiger partial charge is 0.376 e. The molecule has 0 unspecified atom stereocenters.